The molecule has 0 spiro atoms. The van der Waals surface area contributed by atoms with Crippen LogP contribution in [0, 0.1) is 5.92 Å². The molecular formula is C15H23N2O7P. The Morgan fingerprint density at radius 3 is 2.24 bits per heavy atom. The van der Waals surface area contributed by atoms with E-state index >= 15 is 0 Å². The van der Waals surface area contributed by atoms with E-state index in [9.17, 15) is 14.2 Å². The zero-order valence-electron chi connectivity index (χ0n) is 14.0. The molecule has 25 heavy (non-hydrogen) atoms. The molecule has 0 aliphatic rings. The molecule has 0 saturated heterocycles. The fraction of sp³-hybridized carbons (Fsp3) is 0.467. The second-order valence-electron chi connectivity index (χ2n) is 6.07. The normalized spacial score (nSPS) is 14.0. The fourth-order valence-electron chi connectivity index (χ4n) is 2.14. The van der Waals surface area contributed by atoms with Crippen molar-refractivity contribution in [3.63, 3.8) is 0 Å². The molecule has 2 atom stereocenters. The van der Waals surface area contributed by atoms with Gasteiger partial charge in [-0.25, -0.2) is 9.36 Å². The molecule has 0 bridgehead atoms. The van der Waals surface area contributed by atoms with Gasteiger partial charge in [0.25, 0.3) is 0 Å². The van der Waals surface area contributed by atoms with E-state index in [1.165, 1.54) is 24.3 Å². The van der Waals surface area contributed by atoms with Crippen LogP contribution in [0.3, 0.4) is 0 Å². The van der Waals surface area contributed by atoms with Gasteiger partial charge in [0, 0.05) is 0 Å². The van der Waals surface area contributed by atoms with Gasteiger partial charge in [0.15, 0.2) is 0 Å². The summed E-state index contributed by atoms with van der Waals surface area (Å²) >= 11 is 0. The average molecular weight is 374 g/mol. The van der Waals surface area contributed by atoms with Crippen molar-refractivity contribution < 1.29 is 33.6 Å². The third-order valence-electron chi connectivity index (χ3n) is 3.26. The number of carboxylic acids is 1. The molecule has 0 aliphatic carbocycles. The molecule has 140 valence electrons. The summed E-state index contributed by atoms with van der Waals surface area (Å²) in [6.07, 6.45) is 0.429. The third kappa shape index (κ3) is 8.13. The van der Waals surface area contributed by atoms with Crippen molar-refractivity contribution in [2.75, 3.05) is 0 Å². The lowest BCUT2D eigenvalue weighted by atomic mass is 10.0. The lowest BCUT2D eigenvalue weighted by Gasteiger charge is -2.19. The zero-order chi connectivity index (χ0) is 19.2. The summed E-state index contributed by atoms with van der Waals surface area (Å²) < 4.78 is 15.2. The number of hydrogen-bond acceptors (Lipinski definition) is 5. The Bertz CT molecular complexity index is 642. The van der Waals surface area contributed by atoms with Crippen molar-refractivity contribution in [2.24, 2.45) is 11.7 Å². The van der Waals surface area contributed by atoms with E-state index in [-0.39, 0.29) is 18.1 Å². The van der Waals surface area contributed by atoms with E-state index in [1.807, 2.05) is 13.8 Å². The summed E-state index contributed by atoms with van der Waals surface area (Å²) in [5.74, 6) is -1.62. The zero-order valence-corrected chi connectivity index (χ0v) is 14.8. The molecule has 0 fully saturated rings. The van der Waals surface area contributed by atoms with E-state index in [0.717, 1.165) is 0 Å². The molecule has 0 saturated carbocycles. The minimum absolute atomic E-state index is 0.0158. The first kappa shape index (κ1) is 21.1. The molecule has 0 aromatic heterocycles. The van der Waals surface area contributed by atoms with Crippen LogP contribution < -0.4 is 15.6 Å². The van der Waals surface area contributed by atoms with Gasteiger partial charge in [0.05, 0.1) is 6.04 Å². The molecule has 0 radical (unpaired) electrons. The maximum atomic E-state index is 12.1. The van der Waals surface area contributed by atoms with Crippen LogP contribution >= 0.6 is 7.82 Å². The maximum Gasteiger partial charge on any atom is 0.524 e. The highest BCUT2D eigenvalue weighted by molar-refractivity contribution is 7.46. The fourth-order valence-corrected chi connectivity index (χ4v) is 2.54. The summed E-state index contributed by atoms with van der Waals surface area (Å²) in [7, 11) is -4.63. The molecule has 10 heteroatoms. The van der Waals surface area contributed by atoms with Gasteiger partial charge in [-0.1, -0.05) is 26.0 Å². The predicted octanol–water partition coefficient (Wildman–Crippen LogP) is 0.643. The molecule has 1 aromatic carbocycles. The van der Waals surface area contributed by atoms with Crippen LogP contribution in [0.15, 0.2) is 24.3 Å². The van der Waals surface area contributed by atoms with Crippen LogP contribution in [0.5, 0.6) is 5.75 Å². The summed E-state index contributed by atoms with van der Waals surface area (Å²) in [5, 5.41) is 11.6. The number of phosphoric acid groups is 1. The van der Waals surface area contributed by atoms with Crippen LogP contribution in [-0.4, -0.2) is 38.9 Å². The largest absolute Gasteiger partial charge is 0.524 e. The first-order chi connectivity index (χ1) is 11.5. The van der Waals surface area contributed by atoms with Gasteiger partial charge < -0.3 is 20.7 Å². The maximum absolute atomic E-state index is 12.1. The Balaban J connectivity index is 2.65. The average Bonchev–Trinajstić information content (AvgIpc) is 2.46. The van der Waals surface area contributed by atoms with Gasteiger partial charge in [0.2, 0.25) is 5.91 Å². The molecule has 0 aliphatic heterocycles. The lowest BCUT2D eigenvalue weighted by molar-refractivity contribution is -0.142. The summed E-state index contributed by atoms with van der Waals surface area (Å²) in [4.78, 5) is 40.7. The van der Waals surface area contributed by atoms with Gasteiger partial charge in [-0.05, 0) is 36.5 Å². The highest BCUT2D eigenvalue weighted by atomic mass is 31.2. The van der Waals surface area contributed by atoms with Gasteiger partial charge in [-0.2, -0.15) is 0 Å². The van der Waals surface area contributed by atoms with Gasteiger partial charge in [0.1, 0.15) is 11.8 Å². The number of hydrogen-bond donors (Lipinski definition) is 5. The number of amides is 1. The summed E-state index contributed by atoms with van der Waals surface area (Å²) in [6, 6.07) is 3.76. The van der Waals surface area contributed by atoms with E-state index in [4.69, 9.17) is 20.6 Å². The van der Waals surface area contributed by atoms with Crippen LogP contribution in [-0.2, 0) is 20.6 Å². The second kappa shape index (κ2) is 8.96. The Hall–Kier alpha value is -1.93. The van der Waals surface area contributed by atoms with E-state index in [1.54, 1.807) is 0 Å². The number of aliphatic carboxylic acids is 1. The first-order valence-corrected chi connectivity index (χ1v) is 9.14. The SMILES string of the molecule is CC(C)C[C@H](NC(=O)[C@@H](N)Cc1ccc(OP(=O)(O)O)cc1)C(=O)O. The first-order valence-electron chi connectivity index (χ1n) is 7.60. The van der Waals surface area contributed by atoms with E-state index in [0.29, 0.717) is 12.0 Å². The summed E-state index contributed by atoms with van der Waals surface area (Å²) in [5.41, 5.74) is 6.44. The molecule has 1 amide bonds. The monoisotopic (exact) mass is 374 g/mol. The molecular weight excluding hydrogens is 351 g/mol. The topological polar surface area (TPSA) is 159 Å². The molecule has 9 nitrogen and oxygen atoms in total. The number of nitrogens with two attached hydrogens (primary N) is 1. The quantitative estimate of drug-likeness (QED) is 0.394. The smallest absolute Gasteiger partial charge is 0.480 e. The van der Waals surface area contributed by atoms with Crippen molar-refractivity contribution in [3.05, 3.63) is 29.8 Å². The Kier molecular flexibility index (Phi) is 7.57. The lowest BCUT2D eigenvalue weighted by Crippen LogP contribution is -2.49. The minimum Gasteiger partial charge on any atom is -0.480 e. The number of nitrogens with one attached hydrogen (secondary N) is 1. The van der Waals surface area contributed by atoms with Crippen LogP contribution in [0.1, 0.15) is 25.8 Å². The van der Waals surface area contributed by atoms with Gasteiger partial charge >= 0.3 is 13.8 Å². The van der Waals surface area contributed by atoms with Gasteiger partial charge in [-0.15, -0.1) is 0 Å². The highest BCUT2D eigenvalue weighted by Crippen LogP contribution is 2.37. The minimum atomic E-state index is -4.63. The number of carboxylic acid groups (broad SMARTS) is 1. The van der Waals surface area contributed by atoms with Crippen LogP contribution in [0.2, 0.25) is 0 Å². The molecule has 0 heterocycles. The van der Waals surface area contributed by atoms with Crippen molar-refractivity contribution in [1.82, 2.24) is 5.32 Å². The van der Waals surface area contributed by atoms with Crippen molar-refractivity contribution in [2.45, 2.75) is 38.8 Å². The standard InChI is InChI=1S/C15H23N2O7P/c1-9(2)7-13(15(19)20)17-14(18)12(16)8-10-3-5-11(6-4-10)24-25(21,22)23/h3-6,9,12-13H,7-8,16H2,1-2H3,(H,17,18)(H,19,20)(H2,21,22,23)/t12-,13-/m0/s1. The van der Waals surface area contributed by atoms with Crippen molar-refractivity contribution in [3.8, 4) is 5.75 Å². The van der Waals surface area contributed by atoms with Crippen molar-refractivity contribution in [1.29, 1.82) is 0 Å². The number of carbonyl (C=O) groups is 2. The van der Waals surface area contributed by atoms with E-state index < -0.39 is 31.8 Å². The Morgan fingerprint density at radius 2 is 1.80 bits per heavy atom. The van der Waals surface area contributed by atoms with Crippen LogP contribution in [0.25, 0.3) is 0 Å². The highest BCUT2D eigenvalue weighted by Gasteiger charge is 2.24. The number of benzene rings is 1. The third-order valence-corrected chi connectivity index (χ3v) is 3.71. The number of carbonyl (C=O) groups excluding carboxylic acids is 1. The van der Waals surface area contributed by atoms with Crippen LogP contribution in [0.4, 0.5) is 0 Å². The molecule has 6 N–H and O–H groups in total. The molecule has 1 rings (SSSR count). The predicted molar refractivity (Wildman–Crippen MR) is 89.8 cm³/mol. The molecule has 0 unspecified atom stereocenters. The number of phosphoric ester groups is 1. The summed E-state index contributed by atoms with van der Waals surface area (Å²) in [6.45, 7) is 3.70. The number of rotatable bonds is 9. The van der Waals surface area contributed by atoms with Gasteiger partial charge in [-0.3, -0.25) is 14.6 Å². The van der Waals surface area contributed by atoms with E-state index in [2.05, 4.69) is 9.84 Å². The Labute approximate surface area is 145 Å². The molecule has 1 aromatic rings. The second-order valence-corrected chi connectivity index (χ2v) is 7.23. The Morgan fingerprint density at radius 1 is 1.24 bits per heavy atom. The van der Waals surface area contributed by atoms with Crippen molar-refractivity contribution >= 4 is 19.7 Å².